The van der Waals surface area contributed by atoms with Gasteiger partial charge in [0.1, 0.15) is 6.29 Å². The van der Waals surface area contributed by atoms with Gasteiger partial charge in [-0.2, -0.15) is 13.2 Å². The highest BCUT2D eigenvalue weighted by atomic mass is 19.4. The molecule has 5 heteroatoms. The van der Waals surface area contributed by atoms with Gasteiger partial charge in [-0.15, -0.1) is 0 Å². The number of hydrogen-bond donors (Lipinski definition) is 1. The third kappa shape index (κ3) is 3.36. The molecule has 2 aromatic rings. The molecule has 0 bridgehead atoms. The molecule has 2 rings (SSSR count). The maximum atomic E-state index is 12.9. The van der Waals surface area contributed by atoms with Gasteiger partial charge in [-0.25, -0.2) is 0 Å². The predicted molar refractivity (Wildman–Crippen MR) is 87.0 cm³/mol. The number of carbonyl (C=O) groups excluding carboxylic acids is 1. The quantitative estimate of drug-likeness (QED) is 0.793. The Kier molecular flexibility index (Phi) is 4.85. The number of hydrogen-bond acceptors (Lipinski definition) is 2. The van der Waals surface area contributed by atoms with Crippen molar-refractivity contribution in [1.82, 2.24) is 0 Å². The molecule has 2 nitrogen and oxygen atoms in total. The number of alkyl halides is 3. The van der Waals surface area contributed by atoms with Crippen LogP contribution in [0, 0.1) is 0 Å². The van der Waals surface area contributed by atoms with E-state index >= 15 is 0 Å². The fraction of sp³-hybridized carbons (Fsp3) is 0.316. The van der Waals surface area contributed by atoms with Crippen LogP contribution in [0.1, 0.15) is 48.2 Å². The molecule has 1 N–H and O–H groups in total. The lowest BCUT2D eigenvalue weighted by Crippen LogP contribution is -2.39. The molecule has 0 fully saturated rings. The third-order valence-electron chi connectivity index (χ3n) is 4.14. The maximum absolute atomic E-state index is 12.9. The maximum Gasteiger partial charge on any atom is 0.421 e. The molecular weight excluding hydrogens is 317 g/mol. The number of halogens is 3. The van der Waals surface area contributed by atoms with Crippen LogP contribution in [0.15, 0.2) is 42.5 Å². The molecule has 1 atom stereocenters. The van der Waals surface area contributed by atoms with Gasteiger partial charge in [0.15, 0.2) is 5.60 Å². The molecule has 0 radical (unpaired) electrons. The summed E-state index contributed by atoms with van der Waals surface area (Å²) in [4.78, 5) is 10.9. The lowest BCUT2D eigenvalue weighted by Gasteiger charge is -2.27. The fourth-order valence-corrected chi connectivity index (χ4v) is 2.53. The highest BCUT2D eigenvalue weighted by Crippen LogP contribution is 2.39. The van der Waals surface area contributed by atoms with Gasteiger partial charge in [0.25, 0.3) is 0 Å². The summed E-state index contributed by atoms with van der Waals surface area (Å²) in [5.41, 5.74) is -0.0246. The van der Waals surface area contributed by atoms with E-state index in [1.165, 1.54) is 12.1 Å². The van der Waals surface area contributed by atoms with Crippen molar-refractivity contribution in [3.05, 3.63) is 59.2 Å². The molecule has 0 aliphatic carbocycles. The van der Waals surface area contributed by atoms with Gasteiger partial charge in [-0.1, -0.05) is 50.2 Å². The zero-order chi connectivity index (χ0) is 18.1. The van der Waals surface area contributed by atoms with Crippen LogP contribution < -0.4 is 0 Å². The van der Waals surface area contributed by atoms with Crippen molar-refractivity contribution >= 4 is 6.29 Å². The summed E-state index contributed by atoms with van der Waals surface area (Å²) < 4.78 is 38.7. The minimum absolute atomic E-state index is 0.151. The van der Waals surface area contributed by atoms with Gasteiger partial charge in [-0.05, 0) is 41.2 Å². The Morgan fingerprint density at radius 2 is 1.62 bits per heavy atom. The van der Waals surface area contributed by atoms with Crippen molar-refractivity contribution in [1.29, 1.82) is 0 Å². The van der Waals surface area contributed by atoms with Gasteiger partial charge < -0.3 is 5.11 Å². The minimum atomic E-state index is -4.75. The highest BCUT2D eigenvalue weighted by molar-refractivity contribution is 5.79. The van der Waals surface area contributed by atoms with Gasteiger partial charge in [-0.3, -0.25) is 4.79 Å². The first kappa shape index (κ1) is 18.2. The third-order valence-corrected chi connectivity index (χ3v) is 4.14. The molecule has 24 heavy (non-hydrogen) atoms. The second-order valence-corrected chi connectivity index (χ2v) is 6.27. The van der Waals surface area contributed by atoms with Crippen molar-refractivity contribution in [2.24, 2.45) is 0 Å². The number of carbonyl (C=O) groups is 1. The molecule has 128 valence electrons. The van der Waals surface area contributed by atoms with Gasteiger partial charge >= 0.3 is 6.18 Å². The minimum Gasteiger partial charge on any atom is -0.376 e. The summed E-state index contributed by atoms with van der Waals surface area (Å²) in [5.74, 6) is 0.151. The van der Waals surface area contributed by atoms with E-state index < -0.39 is 11.8 Å². The molecule has 1 unspecified atom stereocenters. The van der Waals surface area contributed by atoms with Crippen molar-refractivity contribution in [2.45, 2.75) is 38.5 Å². The van der Waals surface area contributed by atoms with Crippen molar-refractivity contribution in [2.75, 3.05) is 0 Å². The average Bonchev–Trinajstić information content (AvgIpc) is 2.53. The Balaban J connectivity index is 2.47. The largest absolute Gasteiger partial charge is 0.421 e. The van der Waals surface area contributed by atoms with E-state index in [0.717, 1.165) is 29.9 Å². The first-order valence-electron chi connectivity index (χ1n) is 7.57. The molecule has 0 aliphatic rings. The van der Waals surface area contributed by atoms with E-state index in [-0.39, 0.29) is 11.5 Å². The summed E-state index contributed by atoms with van der Waals surface area (Å²) in [6.45, 7) is 4.70. The van der Waals surface area contributed by atoms with E-state index in [4.69, 9.17) is 0 Å². The number of aldehydes is 1. The molecular formula is C19H19F3O2. The van der Waals surface area contributed by atoms with E-state index in [1.807, 2.05) is 13.8 Å². The van der Waals surface area contributed by atoms with Crippen LogP contribution in [0.5, 0.6) is 0 Å². The zero-order valence-corrected chi connectivity index (χ0v) is 13.7. The lowest BCUT2D eigenvalue weighted by molar-refractivity contribution is -0.258. The van der Waals surface area contributed by atoms with Crippen molar-refractivity contribution < 1.29 is 23.1 Å². The van der Waals surface area contributed by atoms with Crippen LogP contribution in [0.2, 0.25) is 0 Å². The standard InChI is InChI=1S/C19H19F3O2/c1-12(2)17-10-13(11-23)4-9-16(17)14-5-7-15(8-6-14)18(3,24)19(20,21)22/h4-12,24H,1-3H3. The molecule has 0 amide bonds. The summed E-state index contributed by atoms with van der Waals surface area (Å²) in [6.07, 6.45) is -3.98. The predicted octanol–water partition coefficient (Wildman–Crippen LogP) is 5.06. The van der Waals surface area contributed by atoms with E-state index in [2.05, 4.69) is 0 Å². The molecule has 0 spiro atoms. The first-order chi connectivity index (χ1) is 11.1. The van der Waals surface area contributed by atoms with Crippen LogP contribution >= 0.6 is 0 Å². The normalized spacial score (nSPS) is 14.5. The number of benzene rings is 2. The van der Waals surface area contributed by atoms with Crippen molar-refractivity contribution in [3.63, 3.8) is 0 Å². The molecule has 0 saturated heterocycles. The van der Waals surface area contributed by atoms with E-state index in [9.17, 15) is 23.1 Å². The summed E-state index contributed by atoms with van der Waals surface area (Å²) in [6, 6.07) is 10.9. The summed E-state index contributed by atoms with van der Waals surface area (Å²) >= 11 is 0. The van der Waals surface area contributed by atoms with Gasteiger partial charge in [0, 0.05) is 5.56 Å². The zero-order valence-electron chi connectivity index (χ0n) is 13.7. The van der Waals surface area contributed by atoms with E-state index in [1.54, 1.807) is 30.3 Å². The van der Waals surface area contributed by atoms with E-state index in [0.29, 0.717) is 5.56 Å². The second-order valence-electron chi connectivity index (χ2n) is 6.27. The highest BCUT2D eigenvalue weighted by Gasteiger charge is 2.51. The lowest BCUT2D eigenvalue weighted by atomic mass is 9.89. The topological polar surface area (TPSA) is 37.3 Å². The average molecular weight is 336 g/mol. The Morgan fingerprint density at radius 3 is 2.08 bits per heavy atom. The van der Waals surface area contributed by atoms with Crippen molar-refractivity contribution in [3.8, 4) is 11.1 Å². The fourth-order valence-electron chi connectivity index (χ4n) is 2.53. The van der Waals surface area contributed by atoms with Crippen LogP contribution in [0.25, 0.3) is 11.1 Å². The van der Waals surface area contributed by atoms with Gasteiger partial charge in [0.05, 0.1) is 0 Å². The van der Waals surface area contributed by atoms with Crippen LogP contribution in [0.3, 0.4) is 0 Å². The molecule has 2 aromatic carbocycles. The Hall–Kier alpha value is -2.14. The Morgan fingerprint density at radius 1 is 1.04 bits per heavy atom. The summed E-state index contributed by atoms with van der Waals surface area (Å²) in [5, 5.41) is 9.73. The van der Waals surface area contributed by atoms with Crippen LogP contribution in [-0.4, -0.2) is 17.6 Å². The molecule has 0 aliphatic heterocycles. The Bertz CT molecular complexity index is 729. The molecule has 0 heterocycles. The first-order valence-corrected chi connectivity index (χ1v) is 7.57. The van der Waals surface area contributed by atoms with Gasteiger partial charge in [0.2, 0.25) is 0 Å². The summed E-state index contributed by atoms with van der Waals surface area (Å²) in [7, 11) is 0. The number of rotatable bonds is 4. The molecule has 0 aromatic heterocycles. The SMILES string of the molecule is CC(C)c1cc(C=O)ccc1-c1ccc(C(C)(O)C(F)(F)F)cc1. The second kappa shape index (κ2) is 6.40. The monoisotopic (exact) mass is 336 g/mol. The van der Waals surface area contributed by atoms with Crippen LogP contribution in [-0.2, 0) is 5.60 Å². The number of aliphatic hydroxyl groups is 1. The van der Waals surface area contributed by atoms with Crippen LogP contribution in [0.4, 0.5) is 13.2 Å². The molecule has 0 saturated carbocycles. The Labute approximate surface area is 138 Å². The smallest absolute Gasteiger partial charge is 0.376 e.